The first-order valence-corrected chi connectivity index (χ1v) is 18.1. The molecule has 0 aliphatic heterocycles. The van der Waals surface area contributed by atoms with E-state index in [0.29, 0.717) is 35.5 Å². The van der Waals surface area contributed by atoms with Crippen LogP contribution in [0.3, 0.4) is 0 Å². The van der Waals surface area contributed by atoms with Crippen molar-refractivity contribution < 1.29 is 9.53 Å². The van der Waals surface area contributed by atoms with Crippen LogP contribution in [0.15, 0.2) is 47.6 Å². The number of hydrogen-bond acceptors (Lipinski definition) is 2. The van der Waals surface area contributed by atoms with E-state index in [1.165, 1.54) is 37.7 Å². The molecule has 0 amide bonds. The fourth-order valence-electron chi connectivity index (χ4n) is 6.98. The molecule has 0 radical (unpaired) electrons. The minimum absolute atomic E-state index is 0.0828. The minimum Gasteiger partial charge on any atom is -0.413 e. The van der Waals surface area contributed by atoms with Crippen molar-refractivity contribution in [2.75, 3.05) is 0 Å². The van der Waals surface area contributed by atoms with Gasteiger partial charge in [0.05, 0.1) is 12.2 Å². The molecule has 0 aromatic rings. The largest absolute Gasteiger partial charge is 0.413 e. The lowest BCUT2D eigenvalue weighted by Gasteiger charge is -2.44. The molecule has 0 heterocycles. The third-order valence-corrected chi connectivity index (χ3v) is 15.5. The third-order valence-electron chi connectivity index (χ3n) is 11.0. The Morgan fingerprint density at radius 3 is 2.38 bits per heavy atom. The molecular formula is C34H58O2Si. The van der Waals surface area contributed by atoms with Crippen molar-refractivity contribution in [2.24, 2.45) is 35.0 Å². The van der Waals surface area contributed by atoms with Crippen LogP contribution in [0.4, 0.5) is 0 Å². The summed E-state index contributed by atoms with van der Waals surface area (Å²) in [4.78, 5) is 0. The summed E-state index contributed by atoms with van der Waals surface area (Å²) in [6.07, 6.45) is 17.3. The summed E-state index contributed by atoms with van der Waals surface area (Å²) in [5.41, 5.74) is 4.11. The monoisotopic (exact) mass is 526 g/mol. The van der Waals surface area contributed by atoms with Gasteiger partial charge in [0.15, 0.2) is 8.32 Å². The van der Waals surface area contributed by atoms with Gasteiger partial charge in [-0.1, -0.05) is 91.8 Å². The smallest absolute Gasteiger partial charge is 0.192 e. The van der Waals surface area contributed by atoms with E-state index in [-0.39, 0.29) is 11.1 Å². The Balaban J connectivity index is 1.77. The van der Waals surface area contributed by atoms with Crippen molar-refractivity contribution >= 4 is 8.32 Å². The minimum atomic E-state index is -1.88. The topological polar surface area (TPSA) is 29.5 Å². The van der Waals surface area contributed by atoms with Gasteiger partial charge in [-0.3, -0.25) is 0 Å². The molecule has 0 spiro atoms. The Morgan fingerprint density at radius 1 is 1.08 bits per heavy atom. The standard InChI is InChI=1S/C34H58O2Si/c1-23(2)24(3)14-15-25(4)30-18-19-31-27(13-12-20-34(30,31)9)16-17-28-21-29(22-32(35)26(28)5)36-37(10,11)33(6,7)8/h14-17,23-25,29-32,35H,5,12-13,18-22H2,1-4,6-11H3/b15-14+,27-16+,28-17+/t24-,25+,29+,30+,31?,32?,34+/m1/s1. The molecule has 210 valence electrons. The lowest BCUT2D eigenvalue weighted by molar-refractivity contribution is 0.0924. The van der Waals surface area contributed by atoms with Crippen LogP contribution in [0.1, 0.15) is 100 Å². The van der Waals surface area contributed by atoms with Crippen LogP contribution < -0.4 is 0 Å². The molecule has 3 rings (SSSR count). The summed E-state index contributed by atoms with van der Waals surface area (Å²) in [7, 11) is -1.88. The first kappa shape index (κ1) is 30.6. The van der Waals surface area contributed by atoms with E-state index < -0.39 is 14.4 Å². The molecular weight excluding hydrogens is 468 g/mol. The van der Waals surface area contributed by atoms with E-state index in [2.05, 4.69) is 99.4 Å². The molecule has 0 saturated heterocycles. The zero-order valence-corrected chi connectivity index (χ0v) is 26.9. The van der Waals surface area contributed by atoms with Gasteiger partial charge in [0.25, 0.3) is 0 Å². The van der Waals surface area contributed by atoms with Crippen LogP contribution in [-0.2, 0) is 4.43 Å². The second-order valence-corrected chi connectivity index (χ2v) is 19.6. The highest BCUT2D eigenvalue weighted by Gasteiger charge is 2.50. The van der Waals surface area contributed by atoms with Gasteiger partial charge in [-0.2, -0.15) is 0 Å². The van der Waals surface area contributed by atoms with Crippen molar-refractivity contribution in [1.29, 1.82) is 0 Å². The number of allylic oxidation sites excluding steroid dienone is 5. The van der Waals surface area contributed by atoms with Gasteiger partial charge >= 0.3 is 0 Å². The molecule has 3 fully saturated rings. The highest BCUT2D eigenvalue weighted by atomic mass is 28.4. The van der Waals surface area contributed by atoms with Gasteiger partial charge < -0.3 is 9.53 Å². The fourth-order valence-corrected chi connectivity index (χ4v) is 8.35. The van der Waals surface area contributed by atoms with Crippen molar-refractivity contribution in [1.82, 2.24) is 0 Å². The molecule has 0 bridgehead atoms. The van der Waals surface area contributed by atoms with E-state index in [4.69, 9.17) is 4.43 Å². The van der Waals surface area contributed by atoms with Crippen LogP contribution in [0.25, 0.3) is 0 Å². The molecule has 0 aromatic carbocycles. The maximum absolute atomic E-state index is 10.8. The Kier molecular flexibility index (Phi) is 9.67. The van der Waals surface area contributed by atoms with Crippen LogP contribution in [-0.4, -0.2) is 25.6 Å². The van der Waals surface area contributed by atoms with Crippen molar-refractivity contribution in [3.8, 4) is 0 Å². The predicted molar refractivity (Wildman–Crippen MR) is 163 cm³/mol. The maximum Gasteiger partial charge on any atom is 0.192 e. The molecule has 3 aliphatic carbocycles. The summed E-state index contributed by atoms with van der Waals surface area (Å²) in [6.45, 7) is 27.8. The SMILES string of the molecule is C=C1/C(=C/C=C2\CCC[C@]3(C)C2CC[C@H]3[C@@H](C)/C=C/[C@@H](C)C(C)C)C[C@H](O[Si](C)(C)C(C)(C)C)CC1O. The lowest BCUT2D eigenvalue weighted by Crippen LogP contribution is -2.46. The molecule has 0 aromatic heterocycles. The summed E-state index contributed by atoms with van der Waals surface area (Å²) < 4.78 is 6.73. The fraction of sp³-hybridized carbons (Fsp3) is 0.765. The van der Waals surface area contributed by atoms with Gasteiger partial charge in [0, 0.05) is 6.42 Å². The van der Waals surface area contributed by atoms with Crippen LogP contribution in [0.2, 0.25) is 18.1 Å². The molecule has 2 nitrogen and oxygen atoms in total. The first-order chi connectivity index (χ1) is 17.1. The molecule has 2 unspecified atom stereocenters. The summed E-state index contributed by atoms with van der Waals surface area (Å²) in [5.74, 6) is 3.42. The second kappa shape index (κ2) is 11.7. The van der Waals surface area contributed by atoms with Crippen LogP contribution >= 0.6 is 0 Å². The Hall–Kier alpha value is -0.903. The van der Waals surface area contributed by atoms with Crippen molar-refractivity contribution in [3.63, 3.8) is 0 Å². The van der Waals surface area contributed by atoms with Gasteiger partial charge in [-0.05, 0) is 103 Å². The van der Waals surface area contributed by atoms with E-state index in [1.54, 1.807) is 5.57 Å². The summed E-state index contributed by atoms with van der Waals surface area (Å²) >= 11 is 0. The Labute approximate surface area is 230 Å². The molecule has 3 aliphatic rings. The number of aliphatic hydroxyl groups is 1. The van der Waals surface area contributed by atoms with Crippen molar-refractivity contribution in [3.05, 3.63) is 47.6 Å². The maximum atomic E-state index is 10.8. The molecule has 3 heteroatoms. The van der Waals surface area contributed by atoms with Crippen LogP contribution in [0.5, 0.6) is 0 Å². The van der Waals surface area contributed by atoms with E-state index >= 15 is 0 Å². The van der Waals surface area contributed by atoms with Gasteiger partial charge in [-0.15, -0.1) is 0 Å². The number of fused-ring (bicyclic) bond motifs is 1. The van der Waals surface area contributed by atoms with E-state index in [1.807, 2.05) is 0 Å². The average Bonchev–Trinajstić information content (AvgIpc) is 3.15. The summed E-state index contributed by atoms with van der Waals surface area (Å²) in [5, 5.41) is 11.0. The number of aliphatic hydroxyl groups excluding tert-OH is 1. The lowest BCUT2D eigenvalue weighted by atomic mass is 9.61. The second-order valence-electron chi connectivity index (χ2n) is 14.9. The normalized spacial score (nSPS) is 35.5. The number of hydrogen-bond donors (Lipinski definition) is 1. The van der Waals surface area contributed by atoms with Crippen LogP contribution in [0, 0.1) is 35.0 Å². The quantitative estimate of drug-likeness (QED) is 0.264. The zero-order chi connectivity index (χ0) is 27.8. The predicted octanol–water partition coefficient (Wildman–Crippen LogP) is 9.64. The Morgan fingerprint density at radius 2 is 1.76 bits per heavy atom. The first-order valence-electron chi connectivity index (χ1n) is 15.2. The number of rotatable bonds is 7. The average molecular weight is 527 g/mol. The Bertz CT molecular complexity index is 901. The van der Waals surface area contributed by atoms with Gasteiger partial charge in [0.1, 0.15) is 0 Å². The molecule has 1 N–H and O–H groups in total. The third kappa shape index (κ3) is 6.82. The highest BCUT2D eigenvalue weighted by Crippen LogP contribution is 2.59. The van der Waals surface area contributed by atoms with Crippen molar-refractivity contribution in [2.45, 2.75) is 131 Å². The van der Waals surface area contributed by atoms with E-state index in [0.717, 1.165) is 17.9 Å². The van der Waals surface area contributed by atoms with Gasteiger partial charge in [-0.25, -0.2) is 0 Å². The molecule has 37 heavy (non-hydrogen) atoms. The van der Waals surface area contributed by atoms with Gasteiger partial charge in [0.2, 0.25) is 0 Å². The van der Waals surface area contributed by atoms with E-state index in [9.17, 15) is 5.11 Å². The molecule has 7 atom stereocenters. The zero-order valence-electron chi connectivity index (χ0n) is 25.9. The highest BCUT2D eigenvalue weighted by molar-refractivity contribution is 6.74. The summed E-state index contributed by atoms with van der Waals surface area (Å²) in [6, 6.07) is 0. The molecule has 3 saturated carbocycles.